The molecular weight excluding hydrogens is 340 g/mol. The molecule has 0 radical (unpaired) electrons. The van der Waals surface area contributed by atoms with Gasteiger partial charge in [-0.3, -0.25) is 4.79 Å². The van der Waals surface area contributed by atoms with Crippen LogP contribution in [0.4, 0.5) is 5.69 Å². The molecule has 6 nitrogen and oxygen atoms in total. The SMILES string of the molecule is NCC(=O)OC1(n2ncc3ccccc32)CCCCC1Nc1ccccc1. The highest BCUT2D eigenvalue weighted by Gasteiger charge is 2.47. The normalized spacial score (nSPS) is 22.5. The quantitative estimate of drug-likeness (QED) is 0.679. The number of benzene rings is 2. The Balaban J connectivity index is 1.81. The summed E-state index contributed by atoms with van der Waals surface area (Å²) in [6.45, 7) is -0.154. The van der Waals surface area contributed by atoms with Gasteiger partial charge in [-0.2, -0.15) is 5.10 Å². The number of rotatable bonds is 5. The van der Waals surface area contributed by atoms with Crippen molar-refractivity contribution < 1.29 is 9.53 Å². The van der Waals surface area contributed by atoms with E-state index in [4.69, 9.17) is 10.5 Å². The Bertz CT molecular complexity index is 924. The van der Waals surface area contributed by atoms with Gasteiger partial charge in [0.2, 0.25) is 5.72 Å². The molecule has 3 N–H and O–H groups in total. The molecule has 27 heavy (non-hydrogen) atoms. The van der Waals surface area contributed by atoms with Crippen LogP contribution in [0.15, 0.2) is 60.8 Å². The van der Waals surface area contributed by atoms with Crippen LogP contribution >= 0.6 is 0 Å². The van der Waals surface area contributed by atoms with Gasteiger partial charge in [0.1, 0.15) is 0 Å². The van der Waals surface area contributed by atoms with E-state index in [0.717, 1.165) is 35.9 Å². The fraction of sp³-hybridized carbons (Fsp3) is 0.333. The van der Waals surface area contributed by atoms with Crippen LogP contribution in [0.25, 0.3) is 10.9 Å². The second kappa shape index (κ2) is 7.40. The summed E-state index contributed by atoms with van der Waals surface area (Å²) < 4.78 is 7.91. The number of nitrogens with one attached hydrogen (secondary N) is 1. The van der Waals surface area contributed by atoms with Crippen molar-refractivity contribution in [3.63, 3.8) is 0 Å². The van der Waals surface area contributed by atoms with Crippen LogP contribution in [0.5, 0.6) is 0 Å². The number of hydrogen-bond acceptors (Lipinski definition) is 5. The van der Waals surface area contributed by atoms with Crippen molar-refractivity contribution in [2.24, 2.45) is 5.73 Å². The maximum Gasteiger partial charge on any atom is 0.321 e. The number of nitrogens with zero attached hydrogens (tertiary/aromatic N) is 2. The molecule has 140 valence electrons. The number of fused-ring (bicyclic) bond motifs is 1. The maximum atomic E-state index is 12.3. The van der Waals surface area contributed by atoms with E-state index in [1.807, 2.05) is 65.5 Å². The minimum Gasteiger partial charge on any atom is -0.434 e. The van der Waals surface area contributed by atoms with E-state index in [-0.39, 0.29) is 12.6 Å². The lowest BCUT2D eigenvalue weighted by Gasteiger charge is -2.44. The van der Waals surface area contributed by atoms with E-state index >= 15 is 0 Å². The molecule has 1 saturated carbocycles. The third kappa shape index (κ3) is 3.28. The molecule has 1 heterocycles. The summed E-state index contributed by atoms with van der Waals surface area (Å²) in [7, 11) is 0. The van der Waals surface area contributed by atoms with E-state index in [1.165, 1.54) is 0 Å². The number of esters is 1. The summed E-state index contributed by atoms with van der Waals surface area (Å²) in [4.78, 5) is 12.3. The average molecular weight is 364 g/mol. The molecule has 0 aliphatic heterocycles. The summed E-state index contributed by atoms with van der Waals surface area (Å²) in [5.41, 5.74) is 6.62. The summed E-state index contributed by atoms with van der Waals surface area (Å²) in [5, 5.41) is 9.22. The van der Waals surface area contributed by atoms with Crippen LogP contribution in [0, 0.1) is 0 Å². The van der Waals surface area contributed by atoms with Crippen molar-refractivity contribution in [3.05, 3.63) is 60.8 Å². The van der Waals surface area contributed by atoms with Crippen molar-refractivity contribution in [2.45, 2.75) is 37.5 Å². The lowest BCUT2D eigenvalue weighted by molar-refractivity contribution is -0.180. The predicted octanol–water partition coefficient (Wildman–Crippen LogP) is 3.25. The molecule has 1 aromatic heterocycles. The van der Waals surface area contributed by atoms with Crippen molar-refractivity contribution in [1.29, 1.82) is 0 Å². The van der Waals surface area contributed by atoms with Crippen LogP contribution in [0.1, 0.15) is 25.7 Å². The third-order valence-electron chi connectivity index (χ3n) is 5.23. The number of aromatic nitrogens is 2. The smallest absolute Gasteiger partial charge is 0.321 e. The Kier molecular flexibility index (Phi) is 4.81. The van der Waals surface area contributed by atoms with Gasteiger partial charge >= 0.3 is 5.97 Å². The van der Waals surface area contributed by atoms with Crippen LogP contribution in [0.2, 0.25) is 0 Å². The minimum absolute atomic E-state index is 0.104. The Morgan fingerprint density at radius 1 is 1.19 bits per heavy atom. The van der Waals surface area contributed by atoms with Crippen molar-refractivity contribution in [1.82, 2.24) is 9.78 Å². The molecule has 3 aromatic rings. The Labute approximate surface area is 158 Å². The number of carbonyl (C=O) groups is 1. The zero-order chi connectivity index (χ0) is 18.7. The molecule has 2 unspecified atom stereocenters. The summed E-state index contributed by atoms with van der Waals surface area (Å²) >= 11 is 0. The molecule has 4 rings (SSSR count). The monoisotopic (exact) mass is 364 g/mol. The van der Waals surface area contributed by atoms with Gasteiger partial charge in [0.15, 0.2) is 0 Å². The number of hydrogen-bond donors (Lipinski definition) is 2. The highest BCUT2D eigenvalue weighted by Crippen LogP contribution is 2.39. The molecule has 0 amide bonds. The molecule has 0 saturated heterocycles. The number of ether oxygens (including phenoxy) is 1. The third-order valence-corrected chi connectivity index (χ3v) is 5.23. The zero-order valence-electron chi connectivity index (χ0n) is 15.2. The molecule has 1 aliphatic carbocycles. The number of para-hydroxylation sites is 2. The van der Waals surface area contributed by atoms with Crippen LogP contribution in [-0.4, -0.2) is 28.3 Å². The molecular formula is C21H24N4O2. The van der Waals surface area contributed by atoms with Crippen molar-refractivity contribution in [2.75, 3.05) is 11.9 Å². The predicted molar refractivity (Wildman–Crippen MR) is 105 cm³/mol. The van der Waals surface area contributed by atoms with E-state index in [9.17, 15) is 4.79 Å². The van der Waals surface area contributed by atoms with Gasteiger partial charge in [-0.15, -0.1) is 0 Å². The number of nitrogens with two attached hydrogens (primary N) is 1. The van der Waals surface area contributed by atoms with Gasteiger partial charge in [-0.25, -0.2) is 4.68 Å². The standard InChI is InChI=1S/C21H24N4O2/c22-14-20(26)27-21(25-18-11-5-4-8-16(18)15-23-25)13-7-6-12-19(21)24-17-9-2-1-3-10-17/h1-5,8-11,15,19,24H,6-7,12-14,22H2. The van der Waals surface area contributed by atoms with Gasteiger partial charge in [0.05, 0.1) is 24.3 Å². The van der Waals surface area contributed by atoms with E-state index < -0.39 is 11.7 Å². The van der Waals surface area contributed by atoms with Crippen molar-refractivity contribution >= 4 is 22.6 Å². The Morgan fingerprint density at radius 2 is 1.96 bits per heavy atom. The first-order valence-electron chi connectivity index (χ1n) is 9.40. The molecule has 2 aromatic carbocycles. The zero-order valence-corrected chi connectivity index (χ0v) is 15.2. The highest BCUT2D eigenvalue weighted by molar-refractivity contribution is 5.79. The lowest BCUT2D eigenvalue weighted by Crippen LogP contribution is -2.55. The Morgan fingerprint density at radius 3 is 2.78 bits per heavy atom. The molecule has 0 spiro atoms. The van der Waals surface area contributed by atoms with Gasteiger partial charge in [-0.05, 0) is 31.0 Å². The van der Waals surface area contributed by atoms with Crippen LogP contribution < -0.4 is 11.1 Å². The molecule has 0 bridgehead atoms. The van der Waals surface area contributed by atoms with Gasteiger partial charge in [0.25, 0.3) is 0 Å². The van der Waals surface area contributed by atoms with Gasteiger partial charge in [0, 0.05) is 17.5 Å². The molecule has 1 fully saturated rings. The first-order valence-corrected chi connectivity index (χ1v) is 9.40. The maximum absolute atomic E-state index is 12.3. The second-order valence-electron chi connectivity index (χ2n) is 6.95. The first-order chi connectivity index (χ1) is 13.2. The summed E-state index contributed by atoms with van der Waals surface area (Å²) in [6.07, 6.45) is 5.40. The van der Waals surface area contributed by atoms with Crippen molar-refractivity contribution in [3.8, 4) is 0 Å². The molecule has 6 heteroatoms. The summed E-state index contributed by atoms with van der Waals surface area (Å²) in [5.74, 6) is -0.420. The van der Waals surface area contributed by atoms with Crippen LogP contribution in [-0.2, 0) is 15.3 Å². The fourth-order valence-electron chi connectivity index (χ4n) is 3.98. The average Bonchev–Trinajstić information content (AvgIpc) is 3.15. The van der Waals surface area contributed by atoms with Gasteiger partial charge < -0.3 is 15.8 Å². The van der Waals surface area contributed by atoms with E-state index in [1.54, 1.807) is 0 Å². The Hall–Kier alpha value is -2.86. The van der Waals surface area contributed by atoms with E-state index in [0.29, 0.717) is 6.42 Å². The van der Waals surface area contributed by atoms with Crippen LogP contribution in [0.3, 0.4) is 0 Å². The second-order valence-corrected chi connectivity index (χ2v) is 6.95. The molecule has 2 atom stereocenters. The lowest BCUT2D eigenvalue weighted by atomic mass is 9.86. The first kappa shape index (κ1) is 17.5. The van der Waals surface area contributed by atoms with Gasteiger partial charge in [-0.1, -0.05) is 42.8 Å². The minimum atomic E-state index is -0.909. The van der Waals surface area contributed by atoms with E-state index in [2.05, 4.69) is 10.4 Å². The topological polar surface area (TPSA) is 82.2 Å². The highest BCUT2D eigenvalue weighted by atomic mass is 16.6. The summed E-state index contributed by atoms with van der Waals surface area (Å²) in [6, 6.07) is 17.9. The number of carbonyl (C=O) groups excluding carboxylic acids is 1. The molecule has 1 aliphatic rings. The fourth-order valence-corrected chi connectivity index (χ4v) is 3.98. The number of anilines is 1. The largest absolute Gasteiger partial charge is 0.434 e.